The van der Waals surface area contributed by atoms with E-state index in [2.05, 4.69) is 6.07 Å². The Morgan fingerprint density at radius 3 is 2.70 bits per heavy atom. The highest BCUT2D eigenvalue weighted by atomic mass is 35.5. The fourth-order valence-corrected chi connectivity index (χ4v) is 2.68. The quantitative estimate of drug-likeness (QED) is 0.858. The van der Waals surface area contributed by atoms with Crippen molar-refractivity contribution in [2.45, 2.75) is 19.6 Å². The van der Waals surface area contributed by atoms with Crippen molar-refractivity contribution in [2.75, 3.05) is 19.5 Å². The van der Waals surface area contributed by atoms with Crippen LogP contribution in [-0.4, -0.2) is 24.4 Å². The molecule has 0 saturated carbocycles. The number of hydrogen-bond acceptors (Lipinski definition) is 4. The van der Waals surface area contributed by atoms with E-state index in [1.54, 1.807) is 29.9 Å². The zero-order chi connectivity index (χ0) is 17.0. The molecular weight excluding hydrogens is 337 g/mol. The molecule has 0 amide bonds. The molecule has 0 aliphatic rings. The smallest absolute Gasteiger partial charge is 0.219 e. The third kappa shape index (κ3) is 4.11. The summed E-state index contributed by atoms with van der Waals surface area (Å²) in [5, 5.41) is 10.4. The molecule has 0 fully saturated rings. The van der Waals surface area contributed by atoms with E-state index in [-0.39, 0.29) is 6.10 Å². The van der Waals surface area contributed by atoms with Crippen molar-refractivity contribution in [1.29, 1.82) is 5.26 Å². The average molecular weight is 354 g/mol. The SMILES string of the molecule is COC[C@@H](C)Oc1c(N)cc(C#N)n1Cc1ccc(Cl)cc1Cl. The maximum atomic E-state index is 9.32. The summed E-state index contributed by atoms with van der Waals surface area (Å²) in [5.41, 5.74) is 7.59. The first-order chi connectivity index (χ1) is 11.0. The van der Waals surface area contributed by atoms with Gasteiger partial charge in [-0.1, -0.05) is 29.3 Å². The first-order valence-corrected chi connectivity index (χ1v) is 7.70. The predicted molar refractivity (Wildman–Crippen MR) is 91.1 cm³/mol. The van der Waals surface area contributed by atoms with Crippen LogP contribution in [0, 0.1) is 11.3 Å². The van der Waals surface area contributed by atoms with E-state index < -0.39 is 0 Å². The largest absolute Gasteiger partial charge is 0.472 e. The normalized spacial score (nSPS) is 12.0. The monoisotopic (exact) mass is 353 g/mol. The summed E-state index contributed by atoms with van der Waals surface area (Å²) in [7, 11) is 1.59. The second-order valence-electron chi connectivity index (χ2n) is 5.11. The van der Waals surface area contributed by atoms with Crippen molar-refractivity contribution in [3.05, 3.63) is 45.6 Å². The van der Waals surface area contributed by atoms with Gasteiger partial charge >= 0.3 is 0 Å². The van der Waals surface area contributed by atoms with Gasteiger partial charge in [0.05, 0.1) is 18.8 Å². The molecule has 23 heavy (non-hydrogen) atoms. The van der Waals surface area contributed by atoms with Gasteiger partial charge in [0, 0.05) is 23.2 Å². The minimum absolute atomic E-state index is 0.205. The number of halogens is 2. The average Bonchev–Trinajstić information content (AvgIpc) is 2.78. The summed E-state index contributed by atoms with van der Waals surface area (Å²) in [4.78, 5) is 0. The maximum absolute atomic E-state index is 9.32. The summed E-state index contributed by atoms with van der Waals surface area (Å²) in [5.74, 6) is 0.428. The third-order valence-electron chi connectivity index (χ3n) is 3.25. The molecule has 0 bridgehead atoms. The lowest BCUT2D eigenvalue weighted by Crippen LogP contribution is -2.20. The van der Waals surface area contributed by atoms with Crippen molar-refractivity contribution >= 4 is 28.9 Å². The Morgan fingerprint density at radius 1 is 1.35 bits per heavy atom. The van der Waals surface area contributed by atoms with Gasteiger partial charge in [-0.3, -0.25) is 4.57 Å². The van der Waals surface area contributed by atoms with Gasteiger partial charge < -0.3 is 15.2 Å². The Morgan fingerprint density at radius 2 is 2.09 bits per heavy atom. The second kappa shape index (κ2) is 7.60. The minimum Gasteiger partial charge on any atom is -0.472 e. The van der Waals surface area contributed by atoms with Gasteiger partial charge in [-0.05, 0) is 24.6 Å². The third-order valence-corrected chi connectivity index (χ3v) is 3.83. The standard InChI is InChI=1S/C16H17Cl2N3O2/c1-10(9-22-2)23-16-15(20)6-13(7-19)21(16)8-11-3-4-12(17)5-14(11)18/h3-6,10H,8-9,20H2,1-2H3/t10-/m1/s1. The van der Waals surface area contributed by atoms with Gasteiger partial charge in [0.15, 0.2) is 0 Å². The second-order valence-corrected chi connectivity index (χ2v) is 5.95. The van der Waals surface area contributed by atoms with Crippen LogP contribution in [0.2, 0.25) is 10.0 Å². The Kier molecular flexibility index (Phi) is 5.78. The van der Waals surface area contributed by atoms with Gasteiger partial charge in [0.2, 0.25) is 5.88 Å². The van der Waals surface area contributed by atoms with Crippen molar-refractivity contribution in [3.8, 4) is 11.9 Å². The summed E-state index contributed by atoms with van der Waals surface area (Å²) >= 11 is 12.1. The molecule has 0 aliphatic carbocycles. The van der Waals surface area contributed by atoms with Gasteiger partial charge in [0.1, 0.15) is 17.9 Å². The van der Waals surface area contributed by atoms with E-state index in [1.165, 1.54) is 0 Å². The number of ether oxygens (including phenoxy) is 2. The predicted octanol–water partition coefficient (Wildman–Crippen LogP) is 3.71. The number of hydrogen-bond donors (Lipinski definition) is 1. The van der Waals surface area contributed by atoms with Crippen molar-refractivity contribution in [2.24, 2.45) is 0 Å². The number of benzene rings is 1. The molecule has 1 heterocycles. The number of nitriles is 1. The van der Waals surface area contributed by atoms with Crippen LogP contribution in [0.4, 0.5) is 5.69 Å². The first kappa shape index (κ1) is 17.5. The van der Waals surface area contributed by atoms with E-state index in [9.17, 15) is 5.26 Å². The Hall–Kier alpha value is -1.87. The molecule has 1 aromatic carbocycles. The lowest BCUT2D eigenvalue weighted by molar-refractivity contribution is 0.0869. The lowest BCUT2D eigenvalue weighted by Gasteiger charge is -2.17. The van der Waals surface area contributed by atoms with Crippen LogP contribution >= 0.6 is 23.2 Å². The van der Waals surface area contributed by atoms with Crippen LogP contribution in [0.25, 0.3) is 0 Å². The fraction of sp³-hybridized carbons (Fsp3) is 0.312. The van der Waals surface area contributed by atoms with E-state index >= 15 is 0 Å². The number of nitrogens with zero attached hydrogens (tertiary/aromatic N) is 2. The van der Waals surface area contributed by atoms with Crippen LogP contribution in [-0.2, 0) is 11.3 Å². The molecule has 5 nitrogen and oxygen atoms in total. The highest BCUT2D eigenvalue weighted by Gasteiger charge is 2.18. The van der Waals surface area contributed by atoms with Gasteiger partial charge in [0.25, 0.3) is 0 Å². The summed E-state index contributed by atoms with van der Waals surface area (Å²) in [6, 6.07) is 8.91. The Labute approximate surface area is 145 Å². The fourth-order valence-electron chi connectivity index (χ4n) is 2.21. The van der Waals surface area contributed by atoms with E-state index in [4.69, 9.17) is 38.4 Å². The zero-order valence-corrected chi connectivity index (χ0v) is 14.4. The molecule has 0 radical (unpaired) electrons. The number of rotatable bonds is 6. The van der Waals surface area contributed by atoms with Gasteiger partial charge in [-0.2, -0.15) is 5.26 Å². The van der Waals surface area contributed by atoms with Crippen LogP contribution in [0.1, 0.15) is 18.2 Å². The Balaban J connectivity index is 2.38. The minimum atomic E-state index is -0.205. The molecular formula is C16H17Cl2N3O2. The maximum Gasteiger partial charge on any atom is 0.219 e. The van der Waals surface area contributed by atoms with Crippen LogP contribution in [0.3, 0.4) is 0 Å². The number of nitrogen functional groups attached to an aromatic ring is 1. The van der Waals surface area contributed by atoms with Crippen molar-refractivity contribution in [1.82, 2.24) is 4.57 Å². The lowest BCUT2D eigenvalue weighted by atomic mass is 10.2. The number of anilines is 1. The van der Waals surface area contributed by atoms with Crippen LogP contribution in [0.5, 0.6) is 5.88 Å². The number of nitrogens with two attached hydrogens (primary N) is 1. The van der Waals surface area contributed by atoms with Crippen LogP contribution < -0.4 is 10.5 Å². The Bertz CT molecular complexity index is 738. The topological polar surface area (TPSA) is 73.2 Å². The number of aromatic nitrogens is 1. The zero-order valence-electron chi connectivity index (χ0n) is 12.8. The summed E-state index contributed by atoms with van der Waals surface area (Å²) in [6.07, 6.45) is -0.205. The summed E-state index contributed by atoms with van der Waals surface area (Å²) < 4.78 is 12.6. The molecule has 0 aliphatic heterocycles. The first-order valence-electron chi connectivity index (χ1n) is 6.94. The van der Waals surface area contributed by atoms with Gasteiger partial charge in [-0.25, -0.2) is 0 Å². The van der Waals surface area contributed by atoms with Gasteiger partial charge in [-0.15, -0.1) is 0 Å². The molecule has 122 valence electrons. The van der Waals surface area contributed by atoms with Crippen molar-refractivity contribution < 1.29 is 9.47 Å². The molecule has 2 aromatic rings. The van der Waals surface area contributed by atoms with E-state index in [0.717, 1.165) is 5.56 Å². The number of methoxy groups -OCH3 is 1. The summed E-state index contributed by atoms with van der Waals surface area (Å²) in [6.45, 7) is 2.63. The van der Waals surface area contributed by atoms with E-state index in [0.29, 0.717) is 40.5 Å². The highest BCUT2D eigenvalue weighted by molar-refractivity contribution is 6.35. The molecule has 2 N–H and O–H groups in total. The highest BCUT2D eigenvalue weighted by Crippen LogP contribution is 2.30. The molecule has 0 spiro atoms. The van der Waals surface area contributed by atoms with Crippen LogP contribution in [0.15, 0.2) is 24.3 Å². The molecule has 0 unspecified atom stereocenters. The van der Waals surface area contributed by atoms with E-state index in [1.807, 2.05) is 13.0 Å². The molecule has 0 saturated heterocycles. The molecule has 7 heteroatoms. The molecule has 1 atom stereocenters. The molecule has 1 aromatic heterocycles. The van der Waals surface area contributed by atoms with Crippen molar-refractivity contribution in [3.63, 3.8) is 0 Å². The molecule has 2 rings (SSSR count).